The summed E-state index contributed by atoms with van der Waals surface area (Å²) in [4.78, 5) is 12.2. The Balaban J connectivity index is 2.19. The van der Waals surface area contributed by atoms with E-state index in [0.717, 1.165) is 23.2 Å². The van der Waals surface area contributed by atoms with Crippen molar-refractivity contribution >= 4 is 17.7 Å². The molecule has 2 aromatic carbocycles. The van der Waals surface area contributed by atoms with Crippen molar-refractivity contribution in [2.24, 2.45) is 0 Å². The SMILES string of the molecule is CCc1ccccc1NC(=O)C=Cc1cc(OC)c(OC)c(OC)c1. The third-order valence-corrected chi connectivity index (χ3v) is 3.77. The predicted molar refractivity (Wildman–Crippen MR) is 99.6 cm³/mol. The predicted octanol–water partition coefficient (Wildman–Crippen LogP) is 3.93. The van der Waals surface area contributed by atoms with Crippen LogP contribution in [0.3, 0.4) is 0 Å². The van der Waals surface area contributed by atoms with Gasteiger partial charge < -0.3 is 19.5 Å². The molecule has 0 aromatic heterocycles. The van der Waals surface area contributed by atoms with Gasteiger partial charge in [-0.25, -0.2) is 0 Å². The van der Waals surface area contributed by atoms with Crippen LogP contribution in [0.15, 0.2) is 42.5 Å². The van der Waals surface area contributed by atoms with Crippen LogP contribution in [0.2, 0.25) is 0 Å². The first kappa shape index (κ1) is 18.4. The van der Waals surface area contributed by atoms with Crippen molar-refractivity contribution in [1.82, 2.24) is 0 Å². The molecular formula is C20H23NO4. The van der Waals surface area contributed by atoms with E-state index in [9.17, 15) is 4.79 Å². The highest BCUT2D eigenvalue weighted by molar-refractivity contribution is 6.02. The molecule has 0 aliphatic heterocycles. The third kappa shape index (κ3) is 4.53. The van der Waals surface area contributed by atoms with E-state index in [4.69, 9.17) is 14.2 Å². The molecule has 0 radical (unpaired) electrons. The van der Waals surface area contributed by atoms with Crippen molar-refractivity contribution in [3.8, 4) is 17.2 Å². The summed E-state index contributed by atoms with van der Waals surface area (Å²) in [6, 6.07) is 11.3. The molecule has 0 bridgehead atoms. The number of carbonyl (C=O) groups is 1. The summed E-state index contributed by atoms with van der Waals surface area (Å²) in [6.07, 6.45) is 4.04. The lowest BCUT2D eigenvalue weighted by atomic mass is 10.1. The lowest BCUT2D eigenvalue weighted by molar-refractivity contribution is -0.111. The molecule has 0 spiro atoms. The molecule has 5 heteroatoms. The maximum absolute atomic E-state index is 12.2. The summed E-state index contributed by atoms with van der Waals surface area (Å²) in [5, 5.41) is 2.90. The van der Waals surface area contributed by atoms with Crippen molar-refractivity contribution in [1.29, 1.82) is 0 Å². The Hall–Kier alpha value is -2.95. The maximum Gasteiger partial charge on any atom is 0.248 e. The molecule has 1 amide bonds. The van der Waals surface area contributed by atoms with Crippen molar-refractivity contribution in [3.63, 3.8) is 0 Å². The number of methoxy groups -OCH3 is 3. The van der Waals surface area contributed by atoms with E-state index in [-0.39, 0.29) is 5.91 Å². The number of ether oxygens (including phenoxy) is 3. The minimum atomic E-state index is -0.199. The summed E-state index contributed by atoms with van der Waals surface area (Å²) < 4.78 is 15.9. The van der Waals surface area contributed by atoms with Crippen LogP contribution in [0.5, 0.6) is 17.2 Å². The summed E-state index contributed by atoms with van der Waals surface area (Å²) in [6.45, 7) is 2.05. The second kappa shape index (κ2) is 8.78. The fraction of sp³-hybridized carbons (Fsp3) is 0.250. The number of hydrogen-bond acceptors (Lipinski definition) is 4. The highest BCUT2D eigenvalue weighted by Crippen LogP contribution is 2.38. The van der Waals surface area contributed by atoms with Crippen LogP contribution in [0.1, 0.15) is 18.1 Å². The topological polar surface area (TPSA) is 56.8 Å². The summed E-state index contributed by atoms with van der Waals surface area (Å²) in [7, 11) is 4.66. The van der Waals surface area contributed by atoms with E-state index < -0.39 is 0 Å². The van der Waals surface area contributed by atoms with Crippen molar-refractivity contribution < 1.29 is 19.0 Å². The molecule has 2 aromatic rings. The Morgan fingerprint density at radius 3 is 2.24 bits per heavy atom. The minimum absolute atomic E-state index is 0.199. The lowest BCUT2D eigenvalue weighted by Gasteiger charge is -2.12. The van der Waals surface area contributed by atoms with Crippen LogP contribution in [0.4, 0.5) is 5.69 Å². The van der Waals surface area contributed by atoms with E-state index in [2.05, 4.69) is 12.2 Å². The highest BCUT2D eigenvalue weighted by atomic mass is 16.5. The van der Waals surface area contributed by atoms with Crippen molar-refractivity contribution in [2.75, 3.05) is 26.6 Å². The van der Waals surface area contributed by atoms with Crippen LogP contribution in [-0.4, -0.2) is 27.2 Å². The molecule has 25 heavy (non-hydrogen) atoms. The Labute approximate surface area is 148 Å². The van der Waals surface area contributed by atoms with Crippen molar-refractivity contribution in [3.05, 3.63) is 53.6 Å². The molecule has 0 fully saturated rings. The first-order valence-electron chi connectivity index (χ1n) is 7.99. The molecule has 0 heterocycles. The number of rotatable bonds is 7. The Morgan fingerprint density at radius 1 is 1.04 bits per heavy atom. The van der Waals surface area contributed by atoms with E-state index in [1.165, 1.54) is 6.08 Å². The van der Waals surface area contributed by atoms with Gasteiger partial charge in [0.2, 0.25) is 11.7 Å². The monoisotopic (exact) mass is 341 g/mol. The average Bonchev–Trinajstić information content (AvgIpc) is 2.65. The van der Waals surface area contributed by atoms with Gasteiger partial charge >= 0.3 is 0 Å². The van der Waals surface area contributed by atoms with Gasteiger partial charge in [0.05, 0.1) is 21.3 Å². The van der Waals surface area contributed by atoms with Crippen molar-refractivity contribution in [2.45, 2.75) is 13.3 Å². The first-order chi connectivity index (χ1) is 12.1. The van der Waals surface area contributed by atoms with Gasteiger partial charge in [0.1, 0.15) is 0 Å². The number of amides is 1. The number of para-hydroxylation sites is 1. The quantitative estimate of drug-likeness (QED) is 0.775. The zero-order valence-electron chi connectivity index (χ0n) is 15.0. The van der Waals surface area contributed by atoms with Crippen LogP contribution in [0.25, 0.3) is 6.08 Å². The number of benzene rings is 2. The lowest BCUT2D eigenvalue weighted by Crippen LogP contribution is -2.09. The molecule has 132 valence electrons. The number of carbonyl (C=O) groups excluding carboxylic acids is 1. The Bertz CT molecular complexity index is 743. The summed E-state index contributed by atoms with van der Waals surface area (Å²) in [5.74, 6) is 1.40. The van der Waals surface area contributed by atoms with Crippen LogP contribution >= 0.6 is 0 Å². The Kier molecular flexibility index (Phi) is 6.46. The molecular weight excluding hydrogens is 318 g/mol. The van der Waals surface area contributed by atoms with Crippen LogP contribution in [-0.2, 0) is 11.2 Å². The standard InChI is InChI=1S/C20H23NO4/c1-5-15-8-6-7-9-16(15)21-19(22)11-10-14-12-17(23-2)20(25-4)18(13-14)24-3/h6-13H,5H2,1-4H3,(H,21,22). The molecule has 0 aliphatic carbocycles. The average molecular weight is 341 g/mol. The first-order valence-corrected chi connectivity index (χ1v) is 7.99. The Morgan fingerprint density at radius 2 is 1.68 bits per heavy atom. The van der Waals surface area contributed by atoms with Gasteiger partial charge in [-0.05, 0) is 41.8 Å². The maximum atomic E-state index is 12.2. The van der Waals surface area contributed by atoms with Gasteiger partial charge in [-0.1, -0.05) is 25.1 Å². The molecule has 0 aliphatic rings. The zero-order valence-corrected chi connectivity index (χ0v) is 15.0. The second-order valence-corrected chi connectivity index (χ2v) is 5.29. The number of nitrogens with one attached hydrogen (secondary N) is 1. The van der Waals surface area contributed by atoms with E-state index >= 15 is 0 Å². The number of hydrogen-bond donors (Lipinski definition) is 1. The fourth-order valence-corrected chi connectivity index (χ4v) is 2.49. The molecule has 0 saturated carbocycles. The van der Waals surface area contributed by atoms with Crippen LogP contribution < -0.4 is 19.5 Å². The van der Waals surface area contributed by atoms with E-state index in [1.807, 2.05) is 24.3 Å². The van der Waals surface area contributed by atoms with Gasteiger partial charge in [0.15, 0.2) is 11.5 Å². The van der Waals surface area contributed by atoms with Gasteiger partial charge in [-0.15, -0.1) is 0 Å². The van der Waals surface area contributed by atoms with Crippen LogP contribution in [0, 0.1) is 0 Å². The smallest absolute Gasteiger partial charge is 0.248 e. The minimum Gasteiger partial charge on any atom is -0.493 e. The second-order valence-electron chi connectivity index (χ2n) is 5.29. The molecule has 5 nitrogen and oxygen atoms in total. The zero-order chi connectivity index (χ0) is 18.2. The third-order valence-electron chi connectivity index (χ3n) is 3.77. The molecule has 0 unspecified atom stereocenters. The van der Waals surface area contributed by atoms with E-state index in [1.54, 1.807) is 39.5 Å². The number of aryl methyl sites for hydroxylation is 1. The molecule has 0 atom stereocenters. The molecule has 2 rings (SSSR count). The molecule has 1 N–H and O–H groups in total. The summed E-state index contributed by atoms with van der Waals surface area (Å²) in [5.41, 5.74) is 2.69. The molecule has 0 saturated heterocycles. The van der Waals surface area contributed by atoms with Gasteiger partial charge in [0.25, 0.3) is 0 Å². The highest BCUT2D eigenvalue weighted by Gasteiger charge is 2.12. The normalized spacial score (nSPS) is 10.6. The largest absolute Gasteiger partial charge is 0.493 e. The summed E-state index contributed by atoms with van der Waals surface area (Å²) >= 11 is 0. The van der Waals surface area contributed by atoms with E-state index in [0.29, 0.717) is 17.2 Å². The fourth-order valence-electron chi connectivity index (χ4n) is 2.49. The van der Waals surface area contributed by atoms with Gasteiger partial charge in [-0.2, -0.15) is 0 Å². The number of anilines is 1. The van der Waals surface area contributed by atoms with Gasteiger partial charge in [0, 0.05) is 11.8 Å². The van der Waals surface area contributed by atoms with Gasteiger partial charge in [-0.3, -0.25) is 4.79 Å².